The lowest BCUT2D eigenvalue weighted by atomic mass is 10.1. The Kier molecular flexibility index (Phi) is 3.47. The Morgan fingerprint density at radius 3 is 2.05 bits per heavy atom. The number of amides is 2. The zero-order valence-electron chi connectivity index (χ0n) is 11.7. The van der Waals surface area contributed by atoms with Gasteiger partial charge >= 0.3 is 5.97 Å². The number of fused-ring (bicyclic) bond motifs is 1. The van der Waals surface area contributed by atoms with Gasteiger partial charge in [-0.2, -0.15) is 0 Å². The van der Waals surface area contributed by atoms with Gasteiger partial charge in [-0.25, -0.2) is 4.90 Å². The lowest BCUT2D eigenvalue weighted by Gasteiger charge is -2.17. The van der Waals surface area contributed by atoms with E-state index in [0.29, 0.717) is 22.4 Å². The fraction of sp³-hybridized carbons (Fsp3) is 0.118. The zero-order valence-corrected chi connectivity index (χ0v) is 11.7. The summed E-state index contributed by atoms with van der Waals surface area (Å²) in [5.41, 5.74) is 1.87. The van der Waals surface area contributed by atoms with Crippen LogP contribution in [-0.4, -0.2) is 22.9 Å². The first kappa shape index (κ1) is 14.0. The number of carboxylic acid groups (broad SMARTS) is 1. The predicted molar refractivity (Wildman–Crippen MR) is 80.0 cm³/mol. The Bertz CT molecular complexity index is 747. The van der Waals surface area contributed by atoms with Crippen LogP contribution in [0, 0.1) is 0 Å². The molecule has 5 heteroatoms. The minimum Gasteiger partial charge on any atom is -0.481 e. The molecule has 1 N–H and O–H groups in total. The number of rotatable bonds is 4. The Balaban J connectivity index is 2.01. The number of aliphatic carboxylic acids is 1. The molecule has 0 aromatic heterocycles. The summed E-state index contributed by atoms with van der Waals surface area (Å²) in [6.07, 6.45) is 0.207. The average molecular weight is 295 g/mol. The van der Waals surface area contributed by atoms with Crippen molar-refractivity contribution in [3.63, 3.8) is 0 Å². The molecule has 0 bridgehead atoms. The van der Waals surface area contributed by atoms with Crippen LogP contribution >= 0.6 is 0 Å². The number of hydrogen-bond donors (Lipinski definition) is 1. The summed E-state index contributed by atoms with van der Waals surface area (Å²) in [6, 6.07) is 13.6. The summed E-state index contributed by atoms with van der Waals surface area (Å²) in [7, 11) is 0. The molecule has 0 unspecified atom stereocenters. The van der Waals surface area contributed by atoms with Gasteiger partial charge in [0.2, 0.25) is 0 Å². The van der Waals surface area contributed by atoms with Gasteiger partial charge in [0.25, 0.3) is 11.8 Å². The second kappa shape index (κ2) is 5.44. The van der Waals surface area contributed by atoms with Gasteiger partial charge in [-0.1, -0.05) is 30.3 Å². The van der Waals surface area contributed by atoms with Crippen LogP contribution in [0.25, 0.3) is 0 Å². The fourth-order valence-corrected chi connectivity index (χ4v) is 2.59. The molecule has 110 valence electrons. The molecule has 3 rings (SSSR count). The summed E-state index contributed by atoms with van der Waals surface area (Å²) in [5, 5.41) is 8.83. The van der Waals surface area contributed by atoms with Crippen LogP contribution in [-0.2, 0) is 11.2 Å². The molecule has 0 radical (unpaired) electrons. The summed E-state index contributed by atoms with van der Waals surface area (Å²) in [4.78, 5) is 36.9. The van der Waals surface area contributed by atoms with Crippen molar-refractivity contribution < 1.29 is 19.5 Å². The number of hydrogen-bond acceptors (Lipinski definition) is 3. The molecule has 5 nitrogen and oxygen atoms in total. The monoisotopic (exact) mass is 295 g/mol. The molecule has 0 atom stereocenters. The van der Waals surface area contributed by atoms with Crippen molar-refractivity contribution in [1.82, 2.24) is 0 Å². The minimum absolute atomic E-state index is 0.0554. The van der Waals surface area contributed by atoms with Crippen LogP contribution in [0.5, 0.6) is 0 Å². The van der Waals surface area contributed by atoms with E-state index in [4.69, 9.17) is 5.11 Å². The van der Waals surface area contributed by atoms with E-state index < -0.39 is 5.97 Å². The molecule has 2 amide bonds. The second-order valence-electron chi connectivity index (χ2n) is 5.01. The molecular formula is C17H13NO4. The van der Waals surface area contributed by atoms with E-state index in [1.54, 1.807) is 48.5 Å². The smallest absolute Gasteiger partial charge is 0.303 e. The highest BCUT2D eigenvalue weighted by molar-refractivity contribution is 6.34. The molecule has 1 aliphatic heterocycles. The lowest BCUT2D eigenvalue weighted by Crippen LogP contribution is -2.30. The Morgan fingerprint density at radius 1 is 0.909 bits per heavy atom. The second-order valence-corrected chi connectivity index (χ2v) is 5.01. The summed E-state index contributed by atoms with van der Waals surface area (Å²) < 4.78 is 0. The molecule has 0 spiro atoms. The maximum Gasteiger partial charge on any atom is 0.303 e. The first-order valence-electron chi connectivity index (χ1n) is 6.87. The number of benzene rings is 2. The molecule has 0 saturated heterocycles. The first-order valence-corrected chi connectivity index (χ1v) is 6.87. The van der Waals surface area contributed by atoms with Gasteiger partial charge in [0, 0.05) is 6.42 Å². The van der Waals surface area contributed by atoms with Crippen LogP contribution in [0.2, 0.25) is 0 Å². The number of nitrogens with zero attached hydrogens (tertiary/aromatic N) is 1. The maximum atomic E-state index is 12.5. The maximum absolute atomic E-state index is 12.5. The highest BCUT2D eigenvalue weighted by atomic mass is 16.4. The molecule has 0 fully saturated rings. The number of para-hydroxylation sites is 1. The van der Waals surface area contributed by atoms with Crippen molar-refractivity contribution in [2.24, 2.45) is 0 Å². The van der Waals surface area contributed by atoms with E-state index in [9.17, 15) is 14.4 Å². The van der Waals surface area contributed by atoms with Crippen LogP contribution in [0.1, 0.15) is 32.7 Å². The van der Waals surface area contributed by atoms with Crippen LogP contribution < -0.4 is 4.90 Å². The van der Waals surface area contributed by atoms with E-state index in [2.05, 4.69) is 0 Å². The standard InChI is InChI=1S/C17H13NO4/c19-15(20)10-9-11-5-1-4-8-14(11)18-16(21)12-6-2-3-7-13(12)17(18)22/h1-8H,9-10H2,(H,19,20). The Hall–Kier alpha value is -2.95. The third kappa shape index (κ3) is 2.26. The van der Waals surface area contributed by atoms with Gasteiger partial charge in [0.05, 0.1) is 16.8 Å². The number of imide groups is 1. The number of aryl methyl sites for hydroxylation is 1. The SMILES string of the molecule is O=C(O)CCc1ccccc1N1C(=O)c2ccccc2C1=O. The van der Waals surface area contributed by atoms with Gasteiger partial charge in [-0.15, -0.1) is 0 Å². The number of carbonyl (C=O) groups excluding carboxylic acids is 2. The molecule has 0 aliphatic carbocycles. The quantitative estimate of drug-likeness (QED) is 0.879. The third-order valence-corrected chi connectivity index (χ3v) is 3.63. The molecule has 2 aromatic rings. The van der Waals surface area contributed by atoms with Gasteiger partial charge in [-0.05, 0) is 30.2 Å². The third-order valence-electron chi connectivity index (χ3n) is 3.63. The van der Waals surface area contributed by atoms with Crippen LogP contribution in [0.3, 0.4) is 0 Å². The van der Waals surface area contributed by atoms with E-state index >= 15 is 0 Å². The summed E-state index contributed by atoms with van der Waals surface area (Å²) >= 11 is 0. The van der Waals surface area contributed by atoms with Crippen molar-refractivity contribution in [2.75, 3.05) is 4.90 Å². The normalized spacial score (nSPS) is 13.4. The molecule has 1 aliphatic rings. The lowest BCUT2D eigenvalue weighted by molar-refractivity contribution is -0.136. The Morgan fingerprint density at radius 2 is 1.45 bits per heavy atom. The minimum atomic E-state index is -0.919. The predicted octanol–water partition coefficient (Wildman–Crippen LogP) is 2.50. The summed E-state index contributed by atoms with van der Waals surface area (Å²) in [5.74, 6) is -1.66. The number of anilines is 1. The highest BCUT2D eigenvalue weighted by Crippen LogP contribution is 2.31. The molecular weight excluding hydrogens is 282 g/mol. The topological polar surface area (TPSA) is 74.7 Å². The number of carboxylic acids is 1. The van der Waals surface area contributed by atoms with Crippen LogP contribution in [0.15, 0.2) is 48.5 Å². The molecule has 1 heterocycles. The number of carbonyl (C=O) groups is 3. The van der Waals surface area contributed by atoms with Crippen molar-refractivity contribution in [2.45, 2.75) is 12.8 Å². The van der Waals surface area contributed by atoms with Crippen LogP contribution in [0.4, 0.5) is 5.69 Å². The largest absolute Gasteiger partial charge is 0.481 e. The van der Waals surface area contributed by atoms with E-state index in [1.165, 1.54) is 0 Å². The molecule has 22 heavy (non-hydrogen) atoms. The zero-order chi connectivity index (χ0) is 15.7. The summed E-state index contributed by atoms with van der Waals surface area (Å²) in [6.45, 7) is 0. The highest BCUT2D eigenvalue weighted by Gasteiger charge is 2.37. The van der Waals surface area contributed by atoms with Crippen molar-refractivity contribution in [3.05, 3.63) is 65.2 Å². The van der Waals surface area contributed by atoms with E-state index in [0.717, 1.165) is 4.90 Å². The Labute approximate surface area is 126 Å². The van der Waals surface area contributed by atoms with E-state index in [1.807, 2.05) is 0 Å². The first-order chi connectivity index (χ1) is 10.6. The van der Waals surface area contributed by atoms with Gasteiger partial charge in [-0.3, -0.25) is 14.4 Å². The fourth-order valence-electron chi connectivity index (χ4n) is 2.59. The van der Waals surface area contributed by atoms with Gasteiger partial charge in [0.1, 0.15) is 0 Å². The van der Waals surface area contributed by atoms with Gasteiger partial charge in [0.15, 0.2) is 0 Å². The van der Waals surface area contributed by atoms with E-state index in [-0.39, 0.29) is 24.7 Å². The van der Waals surface area contributed by atoms with Crippen molar-refractivity contribution >= 4 is 23.5 Å². The average Bonchev–Trinajstić information content (AvgIpc) is 2.78. The van der Waals surface area contributed by atoms with Gasteiger partial charge < -0.3 is 5.11 Å². The van der Waals surface area contributed by atoms with Crippen molar-refractivity contribution in [1.29, 1.82) is 0 Å². The molecule has 0 saturated carbocycles. The molecule has 2 aromatic carbocycles. The van der Waals surface area contributed by atoms with Crippen molar-refractivity contribution in [3.8, 4) is 0 Å².